The summed E-state index contributed by atoms with van der Waals surface area (Å²) in [7, 11) is 0. The van der Waals surface area contributed by atoms with Crippen LogP contribution in [0.1, 0.15) is 45.9 Å². The highest BCUT2D eigenvalue weighted by atomic mass is 16.3. The predicted molar refractivity (Wildman–Crippen MR) is 94.6 cm³/mol. The Kier molecular flexibility index (Phi) is 5.28. The monoisotopic (exact) mass is 324 g/mol. The standard InChI is InChI=1S/C20H24N2O2/c21-20(24)17-8-6-15(7-9-17)14-22(12-3-13-23)19-11-10-16-4-1-2-5-18(16)19/h1-2,4-9,19,23H,3,10-14H2,(H2,21,24). The molecule has 0 fully saturated rings. The van der Waals surface area contributed by atoms with Crippen molar-refractivity contribution < 1.29 is 9.90 Å². The van der Waals surface area contributed by atoms with Gasteiger partial charge in [-0.05, 0) is 48.1 Å². The molecular weight excluding hydrogens is 300 g/mol. The number of aliphatic hydroxyl groups is 1. The molecule has 3 N–H and O–H groups in total. The normalized spacial score (nSPS) is 16.3. The molecular formula is C20H24N2O2. The Morgan fingerprint density at radius 1 is 1.17 bits per heavy atom. The minimum atomic E-state index is -0.400. The van der Waals surface area contributed by atoms with Gasteiger partial charge in [0.2, 0.25) is 5.91 Å². The third kappa shape index (κ3) is 3.66. The number of fused-ring (bicyclic) bond motifs is 1. The van der Waals surface area contributed by atoms with Gasteiger partial charge in [-0.25, -0.2) is 0 Å². The van der Waals surface area contributed by atoms with Crippen molar-refractivity contribution in [2.75, 3.05) is 13.2 Å². The lowest BCUT2D eigenvalue weighted by atomic mass is 10.0. The van der Waals surface area contributed by atoms with Crippen molar-refractivity contribution in [2.45, 2.75) is 31.8 Å². The van der Waals surface area contributed by atoms with Crippen LogP contribution in [0.2, 0.25) is 0 Å². The molecule has 2 aromatic rings. The number of carbonyl (C=O) groups is 1. The van der Waals surface area contributed by atoms with E-state index in [0.29, 0.717) is 11.6 Å². The lowest BCUT2D eigenvalue weighted by molar-refractivity contribution is 0.1000. The van der Waals surface area contributed by atoms with Gasteiger partial charge >= 0.3 is 0 Å². The number of hydrogen-bond acceptors (Lipinski definition) is 3. The van der Waals surface area contributed by atoms with Gasteiger partial charge in [-0.1, -0.05) is 36.4 Å². The number of carbonyl (C=O) groups excluding carboxylic acids is 1. The summed E-state index contributed by atoms with van der Waals surface area (Å²) in [5.74, 6) is -0.400. The van der Waals surface area contributed by atoms with E-state index in [1.165, 1.54) is 11.1 Å². The SMILES string of the molecule is NC(=O)c1ccc(CN(CCCO)C2CCc3ccccc32)cc1. The van der Waals surface area contributed by atoms with Crippen molar-refractivity contribution in [3.63, 3.8) is 0 Å². The number of nitrogens with zero attached hydrogens (tertiary/aromatic N) is 1. The van der Waals surface area contributed by atoms with E-state index in [0.717, 1.165) is 37.9 Å². The quantitative estimate of drug-likeness (QED) is 0.823. The van der Waals surface area contributed by atoms with Gasteiger partial charge in [0.1, 0.15) is 0 Å². The zero-order chi connectivity index (χ0) is 16.9. The fraction of sp³-hybridized carbons (Fsp3) is 0.350. The summed E-state index contributed by atoms with van der Waals surface area (Å²) >= 11 is 0. The topological polar surface area (TPSA) is 66.6 Å². The molecule has 126 valence electrons. The summed E-state index contributed by atoms with van der Waals surface area (Å²) in [6, 6.07) is 16.5. The molecule has 2 aromatic carbocycles. The molecule has 0 bridgehead atoms. The molecule has 4 heteroatoms. The van der Waals surface area contributed by atoms with E-state index in [-0.39, 0.29) is 6.61 Å². The predicted octanol–water partition coefficient (Wildman–Crippen LogP) is 2.66. The number of hydrogen-bond donors (Lipinski definition) is 2. The van der Waals surface area contributed by atoms with Crippen LogP contribution in [0.25, 0.3) is 0 Å². The highest BCUT2D eigenvalue weighted by Crippen LogP contribution is 2.36. The maximum atomic E-state index is 11.2. The number of primary amides is 1. The second-order valence-corrected chi connectivity index (χ2v) is 6.36. The van der Waals surface area contributed by atoms with Crippen LogP contribution in [-0.2, 0) is 13.0 Å². The Hall–Kier alpha value is -2.17. The molecule has 0 radical (unpaired) electrons. The summed E-state index contributed by atoms with van der Waals surface area (Å²) in [4.78, 5) is 13.6. The Morgan fingerprint density at radius 2 is 1.92 bits per heavy atom. The van der Waals surface area contributed by atoms with E-state index >= 15 is 0 Å². The van der Waals surface area contributed by atoms with Crippen LogP contribution in [0.15, 0.2) is 48.5 Å². The van der Waals surface area contributed by atoms with Crippen molar-refractivity contribution in [3.8, 4) is 0 Å². The summed E-state index contributed by atoms with van der Waals surface area (Å²) in [6.07, 6.45) is 2.99. The Bertz CT molecular complexity index is 697. The molecule has 3 rings (SSSR count). The van der Waals surface area contributed by atoms with Crippen LogP contribution in [0.4, 0.5) is 0 Å². The number of amides is 1. The molecule has 1 aliphatic carbocycles. The Morgan fingerprint density at radius 3 is 2.62 bits per heavy atom. The van der Waals surface area contributed by atoms with E-state index in [4.69, 9.17) is 5.73 Å². The van der Waals surface area contributed by atoms with Gasteiger partial charge < -0.3 is 10.8 Å². The first-order valence-corrected chi connectivity index (χ1v) is 8.50. The number of aryl methyl sites for hydroxylation is 1. The minimum absolute atomic E-state index is 0.200. The molecule has 4 nitrogen and oxygen atoms in total. The fourth-order valence-corrected chi connectivity index (χ4v) is 3.54. The van der Waals surface area contributed by atoms with Crippen molar-refractivity contribution in [1.29, 1.82) is 0 Å². The fourth-order valence-electron chi connectivity index (χ4n) is 3.54. The smallest absolute Gasteiger partial charge is 0.248 e. The van der Waals surface area contributed by atoms with Gasteiger partial charge in [-0.2, -0.15) is 0 Å². The summed E-state index contributed by atoms with van der Waals surface area (Å²) in [5.41, 5.74) is 9.83. The van der Waals surface area contributed by atoms with Crippen molar-refractivity contribution in [2.24, 2.45) is 5.73 Å². The third-order valence-electron chi connectivity index (χ3n) is 4.77. The van der Waals surface area contributed by atoms with Crippen molar-refractivity contribution in [3.05, 3.63) is 70.8 Å². The van der Waals surface area contributed by atoms with Gasteiger partial charge in [0.05, 0.1) is 0 Å². The molecule has 1 unspecified atom stereocenters. The van der Waals surface area contributed by atoms with E-state index in [1.54, 1.807) is 12.1 Å². The maximum Gasteiger partial charge on any atom is 0.248 e. The Labute approximate surface area is 142 Å². The highest BCUT2D eigenvalue weighted by molar-refractivity contribution is 5.92. The summed E-state index contributed by atoms with van der Waals surface area (Å²) < 4.78 is 0. The molecule has 1 atom stereocenters. The van der Waals surface area contributed by atoms with Gasteiger partial charge in [0.25, 0.3) is 0 Å². The minimum Gasteiger partial charge on any atom is -0.396 e. The number of nitrogens with two attached hydrogens (primary N) is 1. The molecule has 0 heterocycles. The van der Waals surface area contributed by atoms with Gasteiger partial charge in [0.15, 0.2) is 0 Å². The zero-order valence-electron chi connectivity index (χ0n) is 13.8. The molecule has 1 amide bonds. The third-order valence-corrected chi connectivity index (χ3v) is 4.77. The molecule has 0 aromatic heterocycles. The van der Waals surface area contributed by atoms with Crippen LogP contribution in [-0.4, -0.2) is 29.1 Å². The van der Waals surface area contributed by atoms with Gasteiger partial charge in [-0.3, -0.25) is 9.69 Å². The largest absolute Gasteiger partial charge is 0.396 e. The van der Waals surface area contributed by atoms with Crippen LogP contribution < -0.4 is 5.73 Å². The van der Waals surface area contributed by atoms with Crippen LogP contribution in [0.5, 0.6) is 0 Å². The van der Waals surface area contributed by atoms with Gasteiger partial charge in [0, 0.05) is 31.3 Å². The summed E-state index contributed by atoms with van der Waals surface area (Å²) in [5, 5.41) is 9.24. The molecule has 0 saturated carbocycles. The number of aliphatic hydroxyl groups excluding tert-OH is 1. The zero-order valence-corrected chi connectivity index (χ0v) is 13.8. The van der Waals surface area contributed by atoms with Crippen molar-refractivity contribution in [1.82, 2.24) is 4.90 Å². The van der Waals surface area contributed by atoms with E-state index in [2.05, 4.69) is 29.2 Å². The van der Waals surface area contributed by atoms with Crippen molar-refractivity contribution >= 4 is 5.91 Å². The highest BCUT2D eigenvalue weighted by Gasteiger charge is 2.27. The molecule has 0 saturated heterocycles. The first-order valence-electron chi connectivity index (χ1n) is 8.50. The molecule has 0 spiro atoms. The lowest BCUT2D eigenvalue weighted by Crippen LogP contribution is -2.29. The summed E-state index contributed by atoms with van der Waals surface area (Å²) in [6.45, 7) is 1.86. The molecule has 1 aliphatic rings. The average molecular weight is 324 g/mol. The van der Waals surface area contributed by atoms with E-state index in [9.17, 15) is 9.90 Å². The first kappa shape index (κ1) is 16.7. The second kappa shape index (κ2) is 7.60. The average Bonchev–Trinajstić information content (AvgIpc) is 3.03. The molecule has 0 aliphatic heterocycles. The van der Waals surface area contributed by atoms with E-state index in [1.807, 2.05) is 12.1 Å². The first-order chi connectivity index (χ1) is 11.7. The van der Waals surface area contributed by atoms with E-state index < -0.39 is 5.91 Å². The number of benzene rings is 2. The van der Waals surface area contributed by atoms with Gasteiger partial charge in [-0.15, -0.1) is 0 Å². The van der Waals surface area contributed by atoms with Crippen LogP contribution >= 0.6 is 0 Å². The van der Waals surface area contributed by atoms with Crippen LogP contribution in [0, 0.1) is 0 Å². The maximum absolute atomic E-state index is 11.2. The molecule has 24 heavy (non-hydrogen) atoms. The number of rotatable bonds is 7. The second-order valence-electron chi connectivity index (χ2n) is 6.36. The van der Waals surface area contributed by atoms with Crippen LogP contribution in [0.3, 0.4) is 0 Å². The lowest BCUT2D eigenvalue weighted by Gasteiger charge is -2.29. The Balaban J connectivity index is 1.78.